The van der Waals surface area contributed by atoms with Crippen LogP contribution in [0.15, 0.2) is 76.2 Å². The van der Waals surface area contributed by atoms with Gasteiger partial charge in [-0.05, 0) is 48.4 Å². The Morgan fingerprint density at radius 3 is 2.48 bits per heavy atom. The highest BCUT2D eigenvalue weighted by molar-refractivity contribution is 7.92. The fourth-order valence-corrected chi connectivity index (χ4v) is 3.66. The van der Waals surface area contributed by atoms with Gasteiger partial charge in [-0.1, -0.05) is 31.2 Å². The summed E-state index contributed by atoms with van der Waals surface area (Å²) in [5, 5.41) is 0. The van der Waals surface area contributed by atoms with Gasteiger partial charge in [0.1, 0.15) is 5.76 Å². The van der Waals surface area contributed by atoms with Crippen LogP contribution in [0.4, 0.5) is 5.69 Å². The predicted molar refractivity (Wildman–Crippen MR) is 98.6 cm³/mol. The number of anilines is 1. The number of hydrogen-bond donors (Lipinski definition) is 2. The second-order valence-corrected chi connectivity index (χ2v) is 7.40. The molecule has 130 valence electrons. The van der Waals surface area contributed by atoms with Crippen molar-refractivity contribution in [3.05, 3.63) is 72.5 Å². The van der Waals surface area contributed by atoms with Gasteiger partial charge < -0.3 is 10.2 Å². The normalized spacial score (nSPS) is 12.7. The molecule has 25 heavy (non-hydrogen) atoms. The minimum absolute atomic E-state index is 0.117. The molecule has 0 radical (unpaired) electrons. The molecule has 0 aliphatic carbocycles. The second kappa shape index (κ2) is 7.13. The summed E-state index contributed by atoms with van der Waals surface area (Å²) >= 11 is 0. The maximum atomic E-state index is 12.6. The molecule has 3 rings (SSSR count). The third-order valence-corrected chi connectivity index (χ3v) is 5.38. The molecule has 6 heteroatoms. The first-order valence-electron chi connectivity index (χ1n) is 8.02. The number of sulfonamides is 1. The SMILES string of the molecule is CCC(N)c1ccc(NS(=O)(=O)c2ccccc2)c(-c2ccco2)c1. The smallest absolute Gasteiger partial charge is 0.261 e. The molecule has 0 spiro atoms. The van der Waals surface area contributed by atoms with Crippen LogP contribution in [0.5, 0.6) is 0 Å². The van der Waals surface area contributed by atoms with Crippen molar-refractivity contribution in [3.63, 3.8) is 0 Å². The summed E-state index contributed by atoms with van der Waals surface area (Å²) in [6, 6.07) is 17.1. The zero-order valence-electron chi connectivity index (χ0n) is 13.8. The van der Waals surface area contributed by atoms with Gasteiger partial charge >= 0.3 is 0 Å². The lowest BCUT2D eigenvalue weighted by molar-refractivity contribution is 0.582. The molecule has 1 atom stereocenters. The molecule has 0 aliphatic rings. The molecule has 0 saturated heterocycles. The first-order chi connectivity index (χ1) is 12.0. The van der Waals surface area contributed by atoms with Crippen LogP contribution in [-0.2, 0) is 10.0 Å². The third kappa shape index (κ3) is 3.75. The van der Waals surface area contributed by atoms with E-state index in [0.29, 0.717) is 17.0 Å². The standard InChI is InChI=1S/C19H20N2O3S/c1-2-17(20)14-10-11-18(16(13-14)19-9-6-12-24-19)21-25(22,23)15-7-4-3-5-8-15/h3-13,17,21H,2,20H2,1H3. The Balaban J connectivity index is 2.04. The van der Waals surface area contributed by atoms with Gasteiger partial charge in [-0.15, -0.1) is 0 Å². The summed E-state index contributed by atoms with van der Waals surface area (Å²) < 4.78 is 33.4. The number of hydrogen-bond acceptors (Lipinski definition) is 4. The van der Waals surface area contributed by atoms with Crippen molar-refractivity contribution in [2.24, 2.45) is 5.73 Å². The van der Waals surface area contributed by atoms with Gasteiger partial charge in [-0.2, -0.15) is 0 Å². The number of benzene rings is 2. The molecule has 0 fully saturated rings. The maximum Gasteiger partial charge on any atom is 0.261 e. The topological polar surface area (TPSA) is 85.3 Å². The van der Waals surface area contributed by atoms with Crippen molar-refractivity contribution < 1.29 is 12.8 Å². The molecule has 1 heterocycles. The summed E-state index contributed by atoms with van der Waals surface area (Å²) in [5.74, 6) is 0.580. The van der Waals surface area contributed by atoms with Crippen LogP contribution in [0.1, 0.15) is 24.9 Å². The van der Waals surface area contributed by atoms with E-state index >= 15 is 0 Å². The predicted octanol–water partition coefficient (Wildman–Crippen LogP) is 4.16. The molecule has 1 aromatic heterocycles. The second-order valence-electron chi connectivity index (χ2n) is 5.72. The van der Waals surface area contributed by atoms with E-state index in [1.165, 1.54) is 0 Å². The molecule has 1 unspecified atom stereocenters. The van der Waals surface area contributed by atoms with Crippen LogP contribution in [0, 0.1) is 0 Å². The Kier molecular flexibility index (Phi) is 4.92. The minimum Gasteiger partial charge on any atom is -0.464 e. The molecule has 3 N–H and O–H groups in total. The molecular weight excluding hydrogens is 336 g/mol. The van der Waals surface area contributed by atoms with E-state index in [9.17, 15) is 8.42 Å². The zero-order chi connectivity index (χ0) is 17.9. The first kappa shape index (κ1) is 17.3. The largest absolute Gasteiger partial charge is 0.464 e. The molecular formula is C19H20N2O3S. The first-order valence-corrected chi connectivity index (χ1v) is 9.51. The van der Waals surface area contributed by atoms with Gasteiger partial charge in [0.2, 0.25) is 0 Å². The Morgan fingerprint density at radius 1 is 1.08 bits per heavy atom. The van der Waals surface area contributed by atoms with E-state index in [4.69, 9.17) is 10.2 Å². The summed E-state index contributed by atoms with van der Waals surface area (Å²) in [6.07, 6.45) is 2.34. The van der Waals surface area contributed by atoms with Gasteiger partial charge in [0.25, 0.3) is 10.0 Å². The van der Waals surface area contributed by atoms with E-state index in [2.05, 4.69) is 4.72 Å². The van der Waals surface area contributed by atoms with Gasteiger partial charge in [0.15, 0.2) is 0 Å². The van der Waals surface area contributed by atoms with E-state index < -0.39 is 10.0 Å². The van der Waals surface area contributed by atoms with Crippen molar-refractivity contribution >= 4 is 15.7 Å². The molecule has 0 amide bonds. The Bertz CT molecular complexity index is 936. The van der Waals surface area contributed by atoms with E-state index in [0.717, 1.165) is 12.0 Å². The van der Waals surface area contributed by atoms with Crippen LogP contribution in [-0.4, -0.2) is 8.42 Å². The summed E-state index contributed by atoms with van der Waals surface area (Å²) in [4.78, 5) is 0.203. The average Bonchev–Trinajstić information content (AvgIpc) is 3.16. The fourth-order valence-electron chi connectivity index (χ4n) is 2.56. The van der Waals surface area contributed by atoms with E-state index in [1.54, 1.807) is 54.8 Å². The maximum absolute atomic E-state index is 12.6. The summed E-state index contributed by atoms with van der Waals surface area (Å²) in [7, 11) is -3.69. The molecule has 0 aliphatic heterocycles. The molecule has 0 bridgehead atoms. The minimum atomic E-state index is -3.69. The van der Waals surface area contributed by atoms with Crippen molar-refractivity contribution in [2.75, 3.05) is 4.72 Å². The highest BCUT2D eigenvalue weighted by Gasteiger charge is 2.18. The lowest BCUT2D eigenvalue weighted by Crippen LogP contribution is -2.14. The number of nitrogens with two attached hydrogens (primary N) is 1. The van der Waals surface area contributed by atoms with Crippen molar-refractivity contribution in [1.82, 2.24) is 0 Å². The fraction of sp³-hybridized carbons (Fsp3) is 0.158. The van der Waals surface area contributed by atoms with Crippen LogP contribution >= 0.6 is 0 Å². The number of furan rings is 1. The Labute approximate surface area is 147 Å². The molecule has 0 saturated carbocycles. The van der Waals surface area contributed by atoms with Crippen molar-refractivity contribution in [3.8, 4) is 11.3 Å². The van der Waals surface area contributed by atoms with Gasteiger partial charge in [-0.25, -0.2) is 8.42 Å². The van der Waals surface area contributed by atoms with Gasteiger partial charge in [0, 0.05) is 11.6 Å². The molecule has 3 aromatic rings. The zero-order valence-corrected chi connectivity index (χ0v) is 14.7. The average molecular weight is 356 g/mol. The van der Waals surface area contributed by atoms with E-state index in [1.807, 2.05) is 19.1 Å². The van der Waals surface area contributed by atoms with Crippen LogP contribution in [0.25, 0.3) is 11.3 Å². The lowest BCUT2D eigenvalue weighted by Gasteiger charge is -2.15. The number of nitrogens with one attached hydrogen (secondary N) is 1. The molecule has 5 nitrogen and oxygen atoms in total. The Hall–Kier alpha value is -2.57. The number of rotatable bonds is 6. The quantitative estimate of drug-likeness (QED) is 0.694. The summed E-state index contributed by atoms with van der Waals surface area (Å²) in [6.45, 7) is 2.00. The third-order valence-electron chi connectivity index (χ3n) is 4.00. The Morgan fingerprint density at radius 2 is 1.84 bits per heavy atom. The highest BCUT2D eigenvalue weighted by Crippen LogP contribution is 2.33. The van der Waals surface area contributed by atoms with Gasteiger partial charge in [0.05, 0.1) is 16.8 Å². The van der Waals surface area contributed by atoms with Crippen LogP contribution in [0.2, 0.25) is 0 Å². The molecule has 2 aromatic carbocycles. The highest BCUT2D eigenvalue weighted by atomic mass is 32.2. The van der Waals surface area contributed by atoms with Crippen molar-refractivity contribution in [2.45, 2.75) is 24.3 Å². The van der Waals surface area contributed by atoms with E-state index in [-0.39, 0.29) is 10.9 Å². The lowest BCUT2D eigenvalue weighted by atomic mass is 10.0. The summed E-state index contributed by atoms with van der Waals surface area (Å²) in [5.41, 5.74) is 8.15. The van der Waals surface area contributed by atoms with Crippen LogP contribution in [0.3, 0.4) is 0 Å². The van der Waals surface area contributed by atoms with Crippen molar-refractivity contribution in [1.29, 1.82) is 0 Å². The van der Waals surface area contributed by atoms with Gasteiger partial charge in [-0.3, -0.25) is 4.72 Å². The van der Waals surface area contributed by atoms with Crippen LogP contribution < -0.4 is 10.5 Å². The monoisotopic (exact) mass is 356 g/mol.